The van der Waals surface area contributed by atoms with Gasteiger partial charge in [-0.3, -0.25) is 9.59 Å². The Balaban J connectivity index is 1.28. The Kier molecular flexibility index (Phi) is 6.90. The molecule has 0 spiro atoms. The Labute approximate surface area is 209 Å². The number of aromatic nitrogens is 3. The lowest BCUT2D eigenvalue weighted by atomic mass is 10.1. The second-order valence-electron chi connectivity index (χ2n) is 8.50. The Morgan fingerprint density at radius 1 is 1.03 bits per heavy atom. The molecule has 4 aromatic rings. The summed E-state index contributed by atoms with van der Waals surface area (Å²) in [6.45, 7) is 5.28. The van der Waals surface area contributed by atoms with Gasteiger partial charge in [0.1, 0.15) is 12.1 Å². The van der Waals surface area contributed by atoms with Gasteiger partial charge in [-0.25, -0.2) is 9.50 Å². The molecule has 0 bridgehead atoms. The van der Waals surface area contributed by atoms with Crippen LogP contribution >= 0.6 is 0 Å². The van der Waals surface area contributed by atoms with Gasteiger partial charge < -0.3 is 19.9 Å². The Bertz CT molecular complexity index is 1350. The lowest BCUT2D eigenvalue weighted by Gasteiger charge is -2.29. The van der Waals surface area contributed by atoms with E-state index < -0.39 is 0 Å². The van der Waals surface area contributed by atoms with Gasteiger partial charge in [0.15, 0.2) is 5.65 Å². The Morgan fingerprint density at radius 3 is 2.50 bits per heavy atom. The van der Waals surface area contributed by atoms with Gasteiger partial charge in [-0.2, -0.15) is 5.10 Å². The van der Waals surface area contributed by atoms with Gasteiger partial charge in [0.25, 0.3) is 5.91 Å². The largest absolute Gasteiger partial charge is 0.378 e. The first-order valence-corrected chi connectivity index (χ1v) is 12.0. The number of fused-ring (bicyclic) bond motifs is 1. The third-order valence-electron chi connectivity index (χ3n) is 6.23. The first-order valence-electron chi connectivity index (χ1n) is 12.0. The number of amides is 2. The fourth-order valence-electron chi connectivity index (χ4n) is 4.32. The van der Waals surface area contributed by atoms with Crippen molar-refractivity contribution >= 4 is 28.8 Å². The molecule has 2 amide bonds. The van der Waals surface area contributed by atoms with Crippen molar-refractivity contribution in [3.8, 4) is 11.3 Å². The molecule has 36 heavy (non-hydrogen) atoms. The predicted octanol–water partition coefficient (Wildman–Crippen LogP) is 3.33. The van der Waals surface area contributed by atoms with Crippen molar-refractivity contribution in [2.75, 3.05) is 49.6 Å². The molecule has 1 N–H and O–H groups in total. The number of nitrogens with one attached hydrogen (secondary N) is 1. The van der Waals surface area contributed by atoms with E-state index in [0.29, 0.717) is 23.4 Å². The van der Waals surface area contributed by atoms with E-state index in [1.807, 2.05) is 67.6 Å². The molecule has 9 nitrogen and oxygen atoms in total. The zero-order valence-corrected chi connectivity index (χ0v) is 20.1. The quantitative estimate of drug-likeness (QED) is 0.433. The number of ether oxygens (including phenoxy) is 1. The third kappa shape index (κ3) is 4.92. The van der Waals surface area contributed by atoms with Crippen LogP contribution in [-0.4, -0.2) is 70.7 Å². The Hall–Kier alpha value is -4.24. The summed E-state index contributed by atoms with van der Waals surface area (Å²) in [6.07, 6.45) is 3.18. The van der Waals surface area contributed by atoms with Gasteiger partial charge in [-0.1, -0.05) is 30.3 Å². The molecule has 0 unspecified atom stereocenters. The molecular formula is C27H28N6O3. The van der Waals surface area contributed by atoms with Gasteiger partial charge in [0, 0.05) is 42.8 Å². The molecule has 2 aromatic heterocycles. The van der Waals surface area contributed by atoms with E-state index in [1.165, 1.54) is 11.1 Å². The van der Waals surface area contributed by atoms with E-state index in [-0.39, 0.29) is 18.4 Å². The maximum absolute atomic E-state index is 13.3. The third-order valence-corrected chi connectivity index (χ3v) is 6.23. The molecule has 1 fully saturated rings. The minimum atomic E-state index is -0.289. The summed E-state index contributed by atoms with van der Waals surface area (Å²) in [5.41, 5.74) is 4.40. The minimum absolute atomic E-state index is 0.0732. The van der Waals surface area contributed by atoms with E-state index in [9.17, 15) is 9.59 Å². The first-order chi connectivity index (χ1) is 17.6. The van der Waals surface area contributed by atoms with Crippen molar-refractivity contribution in [2.24, 2.45) is 0 Å². The van der Waals surface area contributed by atoms with E-state index in [0.717, 1.165) is 43.2 Å². The molecule has 0 radical (unpaired) electrons. The first kappa shape index (κ1) is 23.5. The highest BCUT2D eigenvalue weighted by Gasteiger charge is 2.23. The highest BCUT2D eigenvalue weighted by atomic mass is 16.5. The van der Waals surface area contributed by atoms with Crippen molar-refractivity contribution < 1.29 is 14.3 Å². The topological polar surface area (TPSA) is 92.1 Å². The second-order valence-corrected chi connectivity index (χ2v) is 8.50. The fourth-order valence-corrected chi connectivity index (χ4v) is 4.32. The summed E-state index contributed by atoms with van der Waals surface area (Å²) in [7, 11) is 0. The molecule has 0 atom stereocenters. The van der Waals surface area contributed by atoms with Crippen LogP contribution in [0.5, 0.6) is 0 Å². The van der Waals surface area contributed by atoms with Crippen LogP contribution in [0.2, 0.25) is 0 Å². The summed E-state index contributed by atoms with van der Waals surface area (Å²) in [5, 5.41) is 7.31. The van der Waals surface area contributed by atoms with Crippen LogP contribution < -0.4 is 10.2 Å². The van der Waals surface area contributed by atoms with Gasteiger partial charge in [0.05, 0.1) is 25.1 Å². The second kappa shape index (κ2) is 10.6. The van der Waals surface area contributed by atoms with Crippen LogP contribution in [0.4, 0.5) is 11.4 Å². The lowest BCUT2D eigenvalue weighted by Crippen LogP contribution is -2.38. The lowest BCUT2D eigenvalue weighted by molar-refractivity contribution is -0.116. The van der Waals surface area contributed by atoms with Crippen LogP contribution in [0.15, 0.2) is 73.1 Å². The van der Waals surface area contributed by atoms with Crippen molar-refractivity contribution in [3.63, 3.8) is 0 Å². The van der Waals surface area contributed by atoms with Crippen LogP contribution in [0, 0.1) is 0 Å². The number of likely N-dealkylation sites (N-methyl/N-ethyl adjacent to an activating group) is 1. The van der Waals surface area contributed by atoms with E-state index in [4.69, 9.17) is 4.74 Å². The average Bonchev–Trinajstić information content (AvgIpc) is 3.37. The fraction of sp³-hybridized carbons (Fsp3) is 0.259. The number of hydrogen-bond acceptors (Lipinski definition) is 6. The highest BCUT2D eigenvalue weighted by Crippen LogP contribution is 2.22. The Morgan fingerprint density at radius 2 is 1.78 bits per heavy atom. The maximum atomic E-state index is 13.3. The van der Waals surface area contributed by atoms with Crippen LogP contribution in [0.3, 0.4) is 0 Å². The number of anilines is 2. The molecule has 184 valence electrons. The maximum Gasteiger partial charge on any atom is 0.259 e. The van der Waals surface area contributed by atoms with E-state index in [1.54, 1.807) is 10.7 Å². The molecule has 0 aliphatic carbocycles. The highest BCUT2D eigenvalue weighted by molar-refractivity contribution is 6.02. The number of hydrogen-bond donors (Lipinski definition) is 1. The van der Waals surface area contributed by atoms with Gasteiger partial charge in [0.2, 0.25) is 5.91 Å². The smallest absolute Gasteiger partial charge is 0.259 e. The summed E-state index contributed by atoms with van der Waals surface area (Å²) in [5.74, 6) is -0.554. The zero-order valence-electron chi connectivity index (χ0n) is 20.1. The summed E-state index contributed by atoms with van der Waals surface area (Å²) in [4.78, 5) is 34.3. The van der Waals surface area contributed by atoms with Crippen LogP contribution in [0.1, 0.15) is 17.3 Å². The van der Waals surface area contributed by atoms with E-state index >= 15 is 0 Å². The summed E-state index contributed by atoms with van der Waals surface area (Å²) in [6, 6.07) is 19.4. The zero-order chi connectivity index (χ0) is 24.9. The molecule has 5 rings (SSSR count). The number of rotatable bonds is 7. The summed E-state index contributed by atoms with van der Waals surface area (Å²) >= 11 is 0. The number of morpholine rings is 1. The van der Waals surface area contributed by atoms with Crippen molar-refractivity contribution in [1.29, 1.82) is 0 Å². The van der Waals surface area contributed by atoms with Crippen molar-refractivity contribution in [3.05, 3.63) is 78.6 Å². The predicted molar refractivity (Wildman–Crippen MR) is 138 cm³/mol. The molecule has 1 saturated heterocycles. The SMILES string of the molecule is CCN(CC(=O)Nc1ccc(N2CCOCC2)cc1)C(=O)c1cnn2c(-c3ccccc3)ccnc12. The average molecular weight is 485 g/mol. The number of carbonyl (C=O) groups is 2. The standard InChI is InChI=1S/C27H28N6O3/c1-2-31(19-25(34)30-21-8-10-22(11-9-21)32-14-16-36-17-15-32)27(35)23-18-29-33-24(12-13-28-26(23)33)20-6-4-3-5-7-20/h3-13,18H,2,14-17,19H2,1H3,(H,30,34). The molecule has 2 aromatic carbocycles. The normalized spacial score (nSPS) is 13.5. The van der Waals surface area contributed by atoms with Gasteiger partial charge >= 0.3 is 0 Å². The number of carbonyl (C=O) groups excluding carboxylic acids is 2. The molecular weight excluding hydrogens is 456 g/mol. The minimum Gasteiger partial charge on any atom is -0.378 e. The summed E-state index contributed by atoms with van der Waals surface area (Å²) < 4.78 is 7.06. The monoisotopic (exact) mass is 484 g/mol. The van der Waals surface area contributed by atoms with Crippen molar-refractivity contribution in [1.82, 2.24) is 19.5 Å². The van der Waals surface area contributed by atoms with Gasteiger partial charge in [-0.15, -0.1) is 0 Å². The molecule has 0 saturated carbocycles. The molecule has 1 aliphatic rings. The number of benzene rings is 2. The molecule has 3 heterocycles. The van der Waals surface area contributed by atoms with Crippen LogP contribution in [0.25, 0.3) is 16.9 Å². The molecule has 9 heteroatoms. The number of nitrogens with zero attached hydrogens (tertiary/aromatic N) is 5. The van der Waals surface area contributed by atoms with E-state index in [2.05, 4.69) is 20.3 Å². The molecule has 1 aliphatic heterocycles. The van der Waals surface area contributed by atoms with Crippen molar-refractivity contribution in [2.45, 2.75) is 6.92 Å². The van der Waals surface area contributed by atoms with Crippen LogP contribution in [-0.2, 0) is 9.53 Å². The van der Waals surface area contributed by atoms with Gasteiger partial charge in [-0.05, 0) is 37.3 Å².